The average Bonchev–Trinajstić information content (AvgIpc) is 2.37. The molecule has 6 nitrogen and oxygen atoms in total. The van der Waals surface area contributed by atoms with Crippen LogP contribution >= 0.6 is 0 Å². The van der Waals surface area contributed by atoms with Crippen LogP contribution in [-0.2, 0) is 27.6 Å². The van der Waals surface area contributed by atoms with E-state index in [-0.39, 0.29) is 12.2 Å². The minimum Gasteiger partial charge on any atom is -0.465 e. The van der Waals surface area contributed by atoms with Gasteiger partial charge in [0.15, 0.2) is 0 Å². The fourth-order valence-corrected chi connectivity index (χ4v) is 2.13. The number of ketones is 1. The van der Waals surface area contributed by atoms with Gasteiger partial charge in [-0.1, -0.05) is 6.92 Å². The van der Waals surface area contributed by atoms with Crippen molar-refractivity contribution in [3.8, 4) is 0 Å². The van der Waals surface area contributed by atoms with Gasteiger partial charge in [-0.25, -0.2) is 0 Å². The molecule has 0 saturated heterocycles. The van der Waals surface area contributed by atoms with Crippen LogP contribution in [0.3, 0.4) is 0 Å². The van der Waals surface area contributed by atoms with Crippen LogP contribution in [0, 0.1) is 0 Å². The highest BCUT2D eigenvalue weighted by atomic mass is 28.3. The van der Waals surface area contributed by atoms with Crippen molar-refractivity contribution < 1.29 is 27.6 Å². The molecule has 0 bridgehead atoms. The second-order valence-electron chi connectivity index (χ2n) is 3.75. The first-order chi connectivity index (χ1) is 9.51. The van der Waals surface area contributed by atoms with Gasteiger partial charge in [0.1, 0.15) is 12.2 Å². The summed E-state index contributed by atoms with van der Waals surface area (Å²) in [6.45, 7) is 11.5. The molecule has 20 heavy (non-hydrogen) atoms. The van der Waals surface area contributed by atoms with Gasteiger partial charge < -0.3 is 18.0 Å². The molecule has 0 radical (unpaired) electrons. The molecule has 0 aliphatic heterocycles. The van der Waals surface area contributed by atoms with Crippen LogP contribution in [0.2, 0.25) is 0 Å². The fraction of sp³-hybridized carbons (Fsp3) is 0.846. The second kappa shape index (κ2) is 16.3. The highest BCUT2D eigenvalue weighted by Gasteiger charge is 2.11. The lowest BCUT2D eigenvalue weighted by Gasteiger charge is -2.12. The lowest BCUT2D eigenvalue weighted by molar-refractivity contribution is -0.145. The Hall–Kier alpha value is -0.763. The lowest BCUT2D eigenvalue weighted by Crippen LogP contribution is -2.27. The van der Waals surface area contributed by atoms with E-state index in [0.717, 1.165) is 6.42 Å². The molecule has 120 valence electrons. The van der Waals surface area contributed by atoms with Gasteiger partial charge in [-0.3, -0.25) is 9.59 Å². The first-order valence-electron chi connectivity index (χ1n) is 7.01. The van der Waals surface area contributed by atoms with E-state index in [1.165, 1.54) is 6.92 Å². The number of ether oxygens (including phenoxy) is 1. The van der Waals surface area contributed by atoms with Crippen LogP contribution in [0.4, 0.5) is 0 Å². The van der Waals surface area contributed by atoms with Gasteiger partial charge >= 0.3 is 15.5 Å². The van der Waals surface area contributed by atoms with Gasteiger partial charge in [-0.05, 0) is 34.1 Å². The predicted octanol–water partition coefficient (Wildman–Crippen LogP) is 1.73. The molecule has 0 heterocycles. The maximum absolute atomic E-state index is 10.6. The summed E-state index contributed by atoms with van der Waals surface area (Å²) < 4.78 is 20.3. The van der Waals surface area contributed by atoms with Crippen molar-refractivity contribution in [2.75, 3.05) is 26.4 Å². The third kappa shape index (κ3) is 17.2. The van der Waals surface area contributed by atoms with E-state index in [4.69, 9.17) is 13.3 Å². The SMILES string of the molecule is CCCOC(=O)CC(C)=O.CCO[SiH](OCC)OCC. The molecule has 0 amide bonds. The molecule has 0 saturated carbocycles. The van der Waals surface area contributed by atoms with Crippen molar-refractivity contribution >= 4 is 21.3 Å². The summed E-state index contributed by atoms with van der Waals surface area (Å²) in [7, 11) is -1.73. The van der Waals surface area contributed by atoms with Crippen molar-refractivity contribution in [2.24, 2.45) is 0 Å². The second-order valence-corrected chi connectivity index (χ2v) is 5.33. The molecule has 0 aliphatic carbocycles. The molecule has 7 heteroatoms. The standard InChI is InChI=1S/C7H12O3.C6H16O3Si/c1-3-4-10-7(9)5-6(2)8;1-4-7-10(8-5-2)9-6-3/h3-5H2,1-2H3;10H,4-6H2,1-3H3. The molecule has 0 aromatic rings. The Labute approximate surface area is 123 Å². The fourth-order valence-electron chi connectivity index (χ4n) is 1.02. The summed E-state index contributed by atoms with van der Waals surface area (Å²) in [6, 6.07) is 0. The zero-order valence-corrected chi connectivity index (χ0v) is 14.4. The lowest BCUT2D eigenvalue weighted by atomic mass is 10.3. The van der Waals surface area contributed by atoms with Gasteiger partial charge in [0.05, 0.1) is 6.61 Å². The molecule has 0 unspecified atom stereocenters. The summed E-state index contributed by atoms with van der Waals surface area (Å²) in [6.07, 6.45) is 0.698. The zero-order chi connectivity index (χ0) is 15.8. The van der Waals surface area contributed by atoms with Crippen LogP contribution in [0.25, 0.3) is 0 Å². The van der Waals surface area contributed by atoms with Crippen molar-refractivity contribution in [1.82, 2.24) is 0 Å². The minimum absolute atomic E-state index is 0.0972. The maximum atomic E-state index is 10.6. The number of Topliss-reactive ketones (excluding diaryl/α,β-unsaturated/α-hetero) is 1. The minimum atomic E-state index is -1.73. The van der Waals surface area contributed by atoms with E-state index in [1.54, 1.807) is 0 Å². The smallest absolute Gasteiger partial charge is 0.465 e. The van der Waals surface area contributed by atoms with Gasteiger partial charge in [0, 0.05) is 19.8 Å². The molecule has 0 atom stereocenters. The summed E-state index contributed by atoms with van der Waals surface area (Å²) in [5.74, 6) is -0.574. The monoisotopic (exact) mass is 308 g/mol. The largest absolute Gasteiger partial charge is 0.484 e. The average molecular weight is 308 g/mol. The molecule has 0 aliphatic rings. The molecule has 0 aromatic carbocycles. The van der Waals surface area contributed by atoms with E-state index in [0.29, 0.717) is 26.4 Å². The van der Waals surface area contributed by atoms with Crippen molar-refractivity contribution in [1.29, 1.82) is 0 Å². The molecule has 0 N–H and O–H groups in total. The van der Waals surface area contributed by atoms with E-state index in [1.807, 2.05) is 27.7 Å². The van der Waals surface area contributed by atoms with Crippen molar-refractivity contribution in [3.63, 3.8) is 0 Å². The van der Waals surface area contributed by atoms with Gasteiger partial charge in [-0.15, -0.1) is 0 Å². The van der Waals surface area contributed by atoms with Crippen LogP contribution in [0.1, 0.15) is 47.5 Å². The van der Waals surface area contributed by atoms with Gasteiger partial charge in [0.2, 0.25) is 0 Å². The van der Waals surface area contributed by atoms with Crippen molar-refractivity contribution in [2.45, 2.75) is 47.5 Å². The summed E-state index contributed by atoms with van der Waals surface area (Å²) >= 11 is 0. The first-order valence-corrected chi connectivity index (χ1v) is 8.42. The normalized spacial score (nSPS) is 9.90. The van der Waals surface area contributed by atoms with E-state index in [2.05, 4.69) is 4.74 Å². The number of rotatable bonds is 10. The maximum Gasteiger partial charge on any atom is 0.484 e. The van der Waals surface area contributed by atoms with E-state index >= 15 is 0 Å². The summed E-state index contributed by atoms with van der Waals surface area (Å²) in [5, 5.41) is 0. The molecular formula is C13H28O6Si. The van der Waals surface area contributed by atoms with Gasteiger partial charge in [-0.2, -0.15) is 0 Å². The number of hydrogen-bond acceptors (Lipinski definition) is 6. The topological polar surface area (TPSA) is 71.1 Å². The number of carbonyl (C=O) groups is 2. The van der Waals surface area contributed by atoms with Crippen molar-refractivity contribution in [3.05, 3.63) is 0 Å². The van der Waals surface area contributed by atoms with E-state index in [9.17, 15) is 9.59 Å². The summed E-state index contributed by atoms with van der Waals surface area (Å²) in [5.41, 5.74) is 0. The third-order valence-corrected chi connectivity index (χ3v) is 3.59. The Bertz CT molecular complexity index is 233. The Morgan fingerprint density at radius 1 is 0.900 bits per heavy atom. The molecular weight excluding hydrogens is 280 g/mol. The Balaban J connectivity index is 0. The number of esters is 1. The van der Waals surface area contributed by atoms with Crippen LogP contribution in [0.15, 0.2) is 0 Å². The molecule has 0 fully saturated rings. The Morgan fingerprint density at radius 2 is 1.35 bits per heavy atom. The van der Waals surface area contributed by atoms with Crippen LogP contribution < -0.4 is 0 Å². The Kier molecular flexibility index (Phi) is 17.5. The predicted molar refractivity (Wildman–Crippen MR) is 78.6 cm³/mol. The third-order valence-electron chi connectivity index (χ3n) is 1.77. The van der Waals surface area contributed by atoms with Crippen LogP contribution in [0.5, 0.6) is 0 Å². The van der Waals surface area contributed by atoms with E-state index < -0.39 is 15.5 Å². The number of carbonyl (C=O) groups excluding carboxylic acids is 2. The molecule has 0 spiro atoms. The highest BCUT2D eigenvalue weighted by molar-refractivity contribution is 6.36. The van der Waals surface area contributed by atoms with Crippen LogP contribution in [-0.4, -0.2) is 47.7 Å². The summed E-state index contributed by atoms with van der Waals surface area (Å²) in [4.78, 5) is 20.9. The molecule has 0 aromatic heterocycles. The molecule has 0 rings (SSSR count). The van der Waals surface area contributed by atoms with Gasteiger partial charge in [0.25, 0.3) is 0 Å². The highest BCUT2D eigenvalue weighted by Crippen LogP contribution is 1.91. The Morgan fingerprint density at radius 3 is 1.65 bits per heavy atom. The number of hydrogen-bond donors (Lipinski definition) is 0. The quantitative estimate of drug-likeness (QED) is 0.348. The first kappa shape index (κ1) is 21.5. The zero-order valence-electron chi connectivity index (χ0n) is 13.3.